The molecule has 0 aliphatic heterocycles. The van der Waals surface area contributed by atoms with Gasteiger partial charge >= 0.3 is 0 Å². The molecule has 0 unspecified atom stereocenters. The Labute approximate surface area is 158 Å². The number of rotatable bonds is 7. The van der Waals surface area contributed by atoms with Crippen molar-refractivity contribution < 1.29 is 13.9 Å². The largest absolute Gasteiger partial charge is 0.455 e. The molecule has 0 aromatic heterocycles. The van der Waals surface area contributed by atoms with Crippen molar-refractivity contribution >= 4 is 11.6 Å². The number of anilines is 1. The molecule has 0 fully saturated rings. The molecule has 1 amide bonds. The van der Waals surface area contributed by atoms with Crippen LogP contribution in [0.15, 0.2) is 78.9 Å². The number of benzene rings is 3. The molecular formula is C22H21FN2O2. The van der Waals surface area contributed by atoms with Gasteiger partial charge in [0.05, 0.1) is 12.2 Å². The molecule has 0 spiro atoms. The molecule has 0 saturated heterocycles. The molecule has 5 heteroatoms. The normalized spacial score (nSPS) is 10.6. The van der Waals surface area contributed by atoms with E-state index in [2.05, 4.69) is 5.32 Å². The SMILES string of the molecule is CN(CC(=O)Nc1ccccc1Oc1ccccc1)Cc1ccc(F)cc1. The van der Waals surface area contributed by atoms with Gasteiger partial charge in [0, 0.05) is 6.54 Å². The van der Waals surface area contributed by atoms with Crippen LogP contribution in [-0.2, 0) is 11.3 Å². The fourth-order valence-corrected chi connectivity index (χ4v) is 2.67. The molecule has 3 aromatic carbocycles. The van der Waals surface area contributed by atoms with Crippen LogP contribution in [0.2, 0.25) is 0 Å². The second kappa shape index (κ2) is 8.96. The number of ether oxygens (including phenoxy) is 1. The van der Waals surface area contributed by atoms with Crippen LogP contribution >= 0.6 is 0 Å². The van der Waals surface area contributed by atoms with E-state index in [-0.39, 0.29) is 18.3 Å². The summed E-state index contributed by atoms with van der Waals surface area (Å²) in [5, 5.41) is 2.89. The zero-order chi connectivity index (χ0) is 19.1. The number of hydrogen-bond acceptors (Lipinski definition) is 3. The summed E-state index contributed by atoms with van der Waals surface area (Å²) in [5.74, 6) is 0.865. The molecular weight excluding hydrogens is 343 g/mol. The van der Waals surface area contributed by atoms with Gasteiger partial charge in [0.25, 0.3) is 0 Å². The summed E-state index contributed by atoms with van der Waals surface area (Å²) in [7, 11) is 1.84. The van der Waals surface area contributed by atoms with Crippen molar-refractivity contribution in [2.45, 2.75) is 6.54 Å². The van der Waals surface area contributed by atoms with Crippen molar-refractivity contribution in [1.82, 2.24) is 4.90 Å². The zero-order valence-electron chi connectivity index (χ0n) is 15.1. The Morgan fingerprint density at radius 1 is 0.963 bits per heavy atom. The fourth-order valence-electron chi connectivity index (χ4n) is 2.67. The van der Waals surface area contributed by atoms with E-state index in [1.165, 1.54) is 12.1 Å². The minimum atomic E-state index is -0.269. The summed E-state index contributed by atoms with van der Waals surface area (Å²) in [6, 6.07) is 23.0. The summed E-state index contributed by atoms with van der Waals surface area (Å²) in [4.78, 5) is 14.3. The van der Waals surface area contributed by atoms with Crippen LogP contribution in [0.4, 0.5) is 10.1 Å². The van der Waals surface area contributed by atoms with Crippen molar-refractivity contribution in [3.63, 3.8) is 0 Å². The topological polar surface area (TPSA) is 41.6 Å². The number of hydrogen-bond donors (Lipinski definition) is 1. The van der Waals surface area contributed by atoms with E-state index in [4.69, 9.17) is 4.74 Å². The third kappa shape index (κ3) is 5.66. The maximum Gasteiger partial charge on any atom is 0.238 e. The Balaban J connectivity index is 1.59. The lowest BCUT2D eigenvalue weighted by Crippen LogP contribution is -2.29. The van der Waals surface area contributed by atoms with Gasteiger partial charge in [0.15, 0.2) is 5.75 Å². The molecule has 1 N–H and O–H groups in total. The lowest BCUT2D eigenvalue weighted by molar-refractivity contribution is -0.117. The number of nitrogens with one attached hydrogen (secondary N) is 1. The third-order valence-electron chi connectivity index (χ3n) is 3.91. The van der Waals surface area contributed by atoms with Gasteiger partial charge in [0.2, 0.25) is 5.91 Å². The predicted octanol–water partition coefficient (Wildman–Crippen LogP) is 4.69. The summed E-state index contributed by atoms with van der Waals surface area (Å²) < 4.78 is 18.8. The van der Waals surface area contributed by atoms with Gasteiger partial charge in [-0.3, -0.25) is 9.69 Å². The van der Waals surface area contributed by atoms with Crippen LogP contribution in [0, 0.1) is 5.82 Å². The third-order valence-corrected chi connectivity index (χ3v) is 3.91. The van der Waals surface area contributed by atoms with Gasteiger partial charge < -0.3 is 10.1 Å². The van der Waals surface area contributed by atoms with Crippen LogP contribution in [0.5, 0.6) is 11.5 Å². The van der Waals surface area contributed by atoms with Gasteiger partial charge in [-0.2, -0.15) is 0 Å². The second-order valence-electron chi connectivity index (χ2n) is 6.26. The summed E-state index contributed by atoms with van der Waals surface area (Å²) in [5.41, 5.74) is 1.56. The average molecular weight is 364 g/mol. The van der Waals surface area contributed by atoms with Crippen molar-refractivity contribution in [3.8, 4) is 11.5 Å². The molecule has 3 aromatic rings. The highest BCUT2D eigenvalue weighted by Crippen LogP contribution is 2.29. The van der Waals surface area contributed by atoms with Gasteiger partial charge in [-0.1, -0.05) is 42.5 Å². The molecule has 138 valence electrons. The summed E-state index contributed by atoms with van der Waals surface area (Å²) in [6.45, 7) is 0.757. The highest BCUT2D eigenvalue weighted by Gasteiger charge is 2.11. The molecule has 3 rings (SSSR count). The maximum absolute atomic E-state index is 13.0. The number of amides is 1. The van der Waals surface area contributed by atoms with E-state index >= 15 is 0 Å². The monoisotopic (exact) mass is 364 g/mol. The van der Waals surface area contributed by atoms with Crippen LogP contribution in [0.25, 0.3) is 0 Å². The smallest absolute Gasteiger partial charge is 0.238 e. The lowest BCUT2D eigenvalue weighted by Gasteiger charge is -2.17. The first-order valence-corrected chi connectivity index (χ1v) is 8.65. The van der Waals surface area contributed by atoms with Crippen molar-refractivity contribution in [3.05, 3.63) is 90.2 Å². The molecule has 0 atom stereocenters. The summed E-state index contributed by atoms with van der Waals surface area (Å²) in [6.07, 6.45) is 0. The minimum Gasteiger partial charge on any atom is -0.455 e. The fraction of sp³-hybridized carbons (Fsp3) is 0.136. The Kier molecular flexibility index (Phi) is 6.18. The van der Waals surface area contributed by atoms with Gasteiger partial charge in [-0.15, -0.1) is 0 Å². The number of carbonyl (C=O) groups is 1. The van der Waals surface area contributed by atoms with Crippen molar-refractivity contribution in [1.29, 1.82) is 0 Å². The van der Waals surface area contributed by atoms with Gasteiger partial charge in [0.1, 0.15) is 11.6 Å². The van der Waals surface area contributed by atoms with Crippen LogP contribution in [0.3, 0.4) is 0 Å². The van der Waals surface area contributed by atoms with Crippen molar-refractivity contribution in [2.75, 3.05) is 18.9 Å². The first-order chi connectivity index (χ1) is 13.1. The van der Waals surface area contributed by atoms with E-state index in [9.17, 15) is 9.18 Å². The van der Waals surface area contributed by atoms with Gasteiger partial charge in [-0.25, -0.2) is 4.39 Å². The molecule has 4 nitrogen and oxygen atoms in total. The molecule has 0 saturated carbocycles. The van der Waals surface area contributed by atoms with E-state index in [0.717, 1.165) is 5.56 Å². The minimum absolute atomic E-state index is 0.149. The predicted molar refractivity (Wildman–Crippen MR) is 104 cm³/mol. The zero-order valence-corrected chi connectivity index (χ0v) is 15.1. The van der Waals surface area contributed by atoms with Gasteiger partial charge in [-0.05, 0) is 49.0 Å². The van der Waals surface area contributed by atoms with Crippen molar-refractivity contribution in [2.24, 2.45) is 0 Å². The van der Waals surface area contributed by atoms with Crippen LogP contribution < -0.4 is 10.1 Å². The quantitative estimate of drug-likeness (QED) is 0.661. The Hall–Kier alpha value is -3.18. The number of halogens is 1. The summed E-state index contributed by atoms with van der Waals surface area (Å²) >= 11 is 0. The molecule has 0 aliphatic carbocycles. The highest BCUT2D eigenvalue weighted by atomic mass is 19.1. The average Bonchev–Trinajstić information content (AvgIpc) is 2.66. The first kappa shape index (κ1) is 18.6. The number of nitrogens with zero attached hydrogens (tertiary/aromatic N) is 1. The Morgan fingerprint density at radius 2 is 1.63 bits per heavy atom. The Morgan fingerprint density at radius 3 is 2.37 bits per heavy atom. The molecule has 0 bridgehead atoms. The lowest BCUT2D eigenvalue weighted by atomic mass is 10.2. The second-order valence-corrected chi connectivity index (χ2v) is 6.26. The molecule has 0 heterocycles. The number of para-hydroxylation sites is 3. The highest BCUT2D eigenvalue weighted by molar-refractivity contribution is 5.93. The Bertz CT molecular complexity index is 882. The number of carbonyl (C=O) groups excluding carboxylic acids is 1. The van der Waals surface area contributed by atoms with E-state index in [0.29, 0.717) is 23.7 Å². The van der Waals surface area contributed by atoms with Crippen LogP contribution in [-0.4, -0.2) is 24.4 Å². The standard InChI is InChI=1S/C22H21FN2O2/c1-25(15-17-11-13-18(23)14-12-17)16-22(26)24-20-9-5-6-10-21(20)27-19-7-3-2-4-8-19/h2-14H,15-16H2,1H3,(H,24,26). The number of likely N-dealkylation sites (N-methyl/N-ethyl adjacent to an activating group) is 1. The van der Waals surface area contributed by atoms with E-state index in [1.54, 1.807) is 18.2 Å². The van der Waals surface area contributed by atoms with E-state index in [1.807, 2.05) is 60.5 Å². The van der Waals surface area contributed by atoms with Crippen LogP contribution in [0.1, 0.15) is 5.56 Å². The molecule has 0 radical (unpaired) electrons. The maximum atomic E-state index is 13.0. The first-order valence-electron chi connectivity index (χ1n) is 8.65. The van der Waals surface area contributed by atoms with E-state index < -0.39 is 0 Å². The molecule has 27 heavy (non-hydrogen) atoms. The molecule has 0 aliphatic rings.